The molecule has 0 fully saturated rings. The monoisotopic (exact) mass is 260 g/mol. The highest BCUT2D eigenvalue weighted by atomic mass is 19.1. The number of phenols is 1. The lowest BCUT2D eigenvalue weighted by Crippen LogP contribution is -2.23. The normalized spacial score (nSPS) is 14.1. The van der Waals surface area contributed by atoms with Crippen LogP contribution in [0.4, 0.5) is 4.39 Å². The molecule has 0 spiro atoms. The van der Waals surface area contributed by atoms with E-state index in [4.69, 9.17) is 0 Å². The molecule has 0 aliphatic rings. The first-order valence-electron chi connectivity index (χ1n) is 6.22. The first kappa shape index (κ1) is 13.5. The van der Waals surface area contributed by atoms with E-state index >= 15 is 0 Å². The summed E-state index contributed by atoms with van der Waals surface area (Å²) in [7, 11) is 0. The van der Waals surface area contributed by atoms with E-state index in [0.717, 1.165) is 11.6 Å². The van der Waals surface area contributed by atoms with E-state index in [9.17, 15) is 9.50 Å². The molecule has 19 heavy (non-hydrogen) atoms. The van der Waals surface area contributed by atoms with Crippen molar-refractivity contribution in [2.45, 2.75) is 25.9 Å². The number of nitrogens with zero attached hydrogens (tertiary/aromatic N) is 1. The standard InChI is InChI=1S/C15H17FN2O/c1-10(12-5-7-17-8-6-12)18-11(2)14-4-3-13(19)9-15(14)16/h3-11,18-19H,1-2H3/t10-,11?/m1/s1. The fourth-order valence-electron chi connectivity index (χ4n) is 2.08. The number of phenolic OH excluding ortho intramolecular Hbond substituents is 1. The zero-order valence-corrected chi connectivity index (χ0v) is 11.0. The quantitative estimate of drug-likeness (QED) is 0.886. The van der Waals surface area contributed by atoms with Gasteiger partial charge >= 0.3 is 0 Å². The first-order valence-corrected chi connectivity index (χ1v) is 6.22. The Morgan fingerprint density at radius 1 is 1.11 bits per heavy atom. The van der Waals surface area contributed by atoms with Gasteiger partial charge in [0.05, 0.1) is 0 Å². The van der Waals surface area contributed by atoms with E-state index in [1.165, 1.54) is 6.07 Å². The zero-order valence-electron chi connectivity index (χ0n) is 11.0. The Bertz CT molecular complexity index is 545. The number of aromatic hydroxyl groups is 1. The molecule has 4 heteroatoms. The predicted octanol–water partition coefficient (Wildman–Crippen LogP) is 3.34. The molecule has 0 aliphatic heterocycles. The summed E-state index contributed by atoms with van der Waals surface area (Å²) >= 11 is 0. The Morgan fingerprint density at radius 2 is 1.79 bits per heavy atom. The van der Waals surface area contributed by atoms with E-state index in [1.807, 2.05) is 26.0 Å². The van der Waals surface area contributed by atoms with Crippen LogP contribution >= 0.6 is 0 Å². The Kier molecular flexibility index (Phi) is 4.12. The topological polar surface area (TPSA) is 45.2 Å². The summed E-state index contributed by atoms with van der Waals surface area (Å²) in [6, 6.07) is 8.02. The average molecular weight is 260 g/mol. The van der Waals surface area contributed by atoms with Crippen molar-refractivity contribution in [2.24, 2.45) is 0 Å². The van der Waals surface area contributed by atoms with Crippen LogP contribution in [0.2, 0.25) is 0 Å². The molecule has 2 atom stereocenters. The van der Waals surface area contributed by atoms with E-state index < -0.39 is 5.82 Å². The summed E-state index contributed by atoms with van der Waals surface area (Å²) in [6.07, 6.45) is 3.47. The van der Waals surface area contributed by atoms with Crippen LogP contribution in [0.15, 0.2) is 42.7 Å². The second-order valence-electron chi connectivity index (χ2n) is 4.60. The number of aromatic nitrogens is 1. The molecule has 100 valence electrons. The molecule has 0 radical (unpaired) electrons. The van der Waals surface area contributed by atoms with Crippen molar-refractivity contribution in [1.29, 1.82) is 0 Å². The van der Waals surface area contributed by atoms with E-state index in [2.05, 4.69) is 10.3 Å². The molecule has 0 saturated carbocycles. The number of halogens is 1. The van der Waals surface area contributed by atoms with Crippen molar-refractivity contribution in [3.05, 3.63) is 59.7 Å². The Balaban J connectivity index is 2.10. The second-order valence-corrected chi connectivity index (χ2v) is 4.60. The number of hydrogen-bond acceptors (Lipinski definition) is 3. The van der Waals surface area contributed by atoms with Gasteiger partial charge in [0, 0.05) is 36.1 Å². The third-order valence-corrected chi connectivity index (χ3v) is 3.16. The number of benzene rings is 1. The second kappa shape index (κ2) is 5.80. The highest BCUT2D eigenvalue weighted by molar-refractivity contribution is 5.30. The third-order valence-electron chi connectivity index (χ3n) is 3.16. The minimum atomic E-state index is -0.401. The van der Waals surface area contributed by atoms with Crippen molar-refractivity contribution in [3.63, 3.8) is 0 Å². The molecule has 2 aromatic rings. The number of rotatable bonds is 4. The highest BCUT2D eigenvalue weighted by Crippen LogP contribution is 2.23. The largest absolute Gasteiger partial charge is 0.508 e. The molecule has 1 aromatic heterocycles. The van der Waals surface area contributed by atoms with Gasteiger partial charge in [-0.3, -0.25) is 4.98 Å². The van der Waals surface area contributed by atoms with Crippen LogP contribution in [-0.4, -0.2) is 10.1 Å². The van der Waals surface area contributed by atoms with Gasteiger partial charge < -0.3 is 10.4 Å². The molecule has 3 nitrogen and oxygen atoms in total. The molecule has 0 amide bonds. The third kappa shape index (κ3) is 3.29. The lowest BCUT2D eigenvalue weighted by Gasteiger charge is -2.21. The highest BCUT2D eigenvalue weighted by Gasteiger charge is 2.14. The van der Waals surface area contributed by atoms with Gasteiger partial charge in [0.2, 0.25) is 0 Å². The fourth-order valence-corrected chi connectivity index (χ4v) is 2.08. The first-order chi connectivity index (χ1) is 9.08. The SMILES string of the molecule is CC(N[C@H](C)c1ccncc1)c1ccc(O)cc1F. The van der Waals surface area contributed by atoms with E-state index in [-0.39, 0.29) is 17.8 Å². The zero-order chi connectivity index (χ0) is 13.8. The number of hydrogen-bond donors (Lipinski definition) is 2. The van der Waals surface area contributed by atoms with Gasteiger partial charge in [0.15, 0.2) is 0 Å². The van der Waals surface area contributed by atoms with Gasteiger partial charge in [-0.05, 0) is 37.6 Å². The van der Waals surface area contributed by atoms with Crippen molar-refractivity contribution in [3.8, 4) is 5.75 Å². The minimum Gasteiger partial charge on any atom is -0.508 e. The van der Waals surface area contributed by atoms with Crippen LogP contribution in [0.25, 0.3) is 0 Å². The summed E-state index contributed by atoms with van der Waals surface area (Å²) < 4.78 is 13.7. The van der Waals surface area contributed by atoms with Crippen LogP contribution in [0.3, 0.4) is 0 Å². The Labute approximate surface area is 112 Å². The lowest BCUT2D eigenvalue weighted by atomic mass is 10.0. The van der Waals surface area contributed by atoms with Gasteiger partial charge in [-0.2, -0.15) is 0 Å². The predicted molar refractivity (Wildman–Crippen MR) is 72.3 cm³/mol. The molecule has 1 aromatic carbocycles. The van der Waals surface area contributed by atoms with Crippen LogP contribution in [0, 0.1) is 5.82 Å². The lowest BCUT2D eigenvalue weighted by molar-refractivity contribution is 0.454. The Hall–Kier alpha value is -1.94. The molecule has 2 N–H and O–H groups in total. The molecule has 0 aliphatic carbocycles. The van der Waals surface area contributed by atoms with Gasteiger partial charge in [-0.15, -0.1) is 0 Å². The van der Waals surface area contributed by atoms with Crippen molar-refractivity contribution < 1.29 is 9.50 Å². The fraction of sp³-hybridized carbons (Fsp3) is 0.267. The van der Waals surface area contributed by atoms with Crippen LogP contribution in [0.5, 0.6) is 5.75 Å². The van der Waals surface area contributed by atoms with Gasteiger partial charge in [-0.25, -0.2) is 4.39 Å². The maximum absolute atomic E-state index is 13.7. The smallest absolute Gasteiger partial charge is 0.131 e. The molecule has 1 unspecified atom stereocenters. The summed E-state index contributed by atoms with van der Waals surface area (Å²) in [5.41, 5.74) is 1.64. The molecule has 1 heterocycles. The van der Waals surface area contributed by atoms with E-state index in [0.29, 0.717) is 5.56 Å². The van der Waals surface area contributed by atoms with Gasteiger partial charge in [-0.1, -0.05) is 6.07 Å². The average Bonchev–Trinajstić information content (AvgIpc) is 2.39. The number of pyridine rings is 1. The summed E-state index contributed by atoms with van der Waals surface area (Å²) in [6.45, 7) is 3.91. The van der Waals surface area contributed by atoms with Crippen molar-refractivity contribution in [2.75, 3.05) is 0 Å². The molecule has 0 saturated heterocycles. The van der Waals surface area contributed by atoms with E-state index in [1.54, 1.807) is 18.5 Å². The Morgan fingerprint density at radius 3 is 2.42 bits per heavy atom. The molecule has 2 rings (SSSR count). The van der Waals surface area contributed by atoms with Crippen molar-refractivity contribution in [1.82, 2.24) is 10.3 Å². The molecular weight excluding hydrogens is 243 g/mol. The molecule has 0 bridgehead atoms. The minimum absolute atomic E-state index is 0.0596. The summed E-state index contributed by atoms with van der Waals surface area (Å²) in [5.74, 6) is -0.461. The van der Waals surface area contributed by atoms with Crippen LogP contribution < -0.4 is 5.32 Å². The van der Waals surface area contributed by atoms with Crippen LogP contribution in [-0.2, 0) is 0 Å². The van der Waals surface area contributed by atoms with Gasteiger partial charge in [0.25, 0.3) is 0 Å². The number of nitrogens with one attached hydrogen (secondary N) is 1. The summed E-state index contributed by atoms with van der Waals surface area (Å²) in [4.78, 5) is 3.97. The summed E-state index contributed by atoms with van der Waals surface area (Å²) in [5, 5.41) is 12.5. The van der Waals surface area contributed by atoms with Gasteiger partial charge in [0.1, 0.15) is 11.6 Å². The van der Waals surface area contributed by atoms with Crippen LogP contribution in [0.1, 0.15) is 37.1 Å². The maximum Gasteiger partial charge on any atom is 0.131 e. The molecular formula is C15H17FN2O. The van der Waals surface area contributed by atoms with Crippen molar-refractivity contribution >= 4 is 0 Å². The maximum atomic E-state index is 13.7.